The van der Waals surface area contributed by atoms with Crippen LogP contribution in [0.5, 0.6) is 0 Å². The summed E-state index contributed by atoms with van der Waals surface area (Å²) in [6.45, 7) is 0. The van der Waals surface area contributed by atoms with Crippen molar-refractivity contribution < 1.29 is 21.9 Å². The maximum Gasteiger partial charge on any atom is 0.0645 e. The first-order valence-corrected chi connectivity index (χ1v) is 38.7. The van der Waals surface area contributed by atoms with Crippen molar-refractivity contribution in [3.05, 3.63) is 461 Å². The SMILES string of the molecule is [2H]c1c([2H])c(N(c2ccc(-c3ccc(-c4ccccc4)cc3)cc2)c2c([2H])c([2H])c(-c3cc4ccccc4c4ccccc34)c([2H])c2[2H])c([2H])c([2H])c1-c1cc2ccccc2c2ccccc12.[2H]c1c([2H])c(N(c2ccc(-c3ccc4ccccc4c3)cc2)c2c([2H])c([2H])c(-c3cc4ccccc4c4ccccc34)c([2H])c2[2H])c([2H])c([2H])c1-c1cc2ccccc2c2ccccc12. The third-order valence-electron chi connectivity index (χ3n) is 22.2. The maximum absolute atomic E-state index is 9.73. The van der Waals surface area contributed by atoms with E-state index < -0.39 is 48.3 Å². The van der Waals surface area contributed by atoms with Crippen LogP contribution >= 0.6 is 0 Å². The van der Waals surface area contributed by atoms with Crippen LogP contribution in [-0.4, -0.2) is 0 Å². The van der Waals surface area contributed by atoms with Gasteiger partial charge in [0.1, 0.15) is 0 Å². The second kappa shape index (κ2) is 29.8. The molecule has 0 N–H and O–H groups in total. The van der Waals surface area contributed by atoms with Gasteiger partial charge in [0, 0.05) is 34.1 Å². The normalized spacial score (nSPS) is 13.4. The van der Waals surface area contributed by atoms with Gasteiger partial charge in [-0.05, 0) is 278 Å². The molecule has 0 bridgehead atoms. The highest BCUT2D eigenvalue weighted by molar-refractivity contribution is 6.17. The molecule has 0 aromatic heterocycles. The highest BCUT2D eigenvalue weighted by Crippen LogP contribution is 2.46. The first-order valence-electron chi connectivity index (χ1n) is 46.7. The molecular weight excluding hydrogens is 1400 g/mol. The van der Waals surface area contributed by atoms with Crippen LogP contribution in [0.4, 0.5) is 34.1 Å². The average Bonchev–Trinajstić information content (AvgIpc) is 0.720. The molecule has 0 heterocycles. The lowest BCUT2D eigenvalue weighted by Gasteiger charge is -2.26. The minimum Gasteiger partial charge on any atom is -0.311 e. The Balaban J connectivity index is 0.000000159. The molecule has 0 unspecified atom stereocenters. The Morgan fingerprint density at radius 3 is 0.647 bits per heavy atom. The van der Waals surface area contributed by atoms with Gasteiger partial charge in [-0.3, -0.25) is 0 Å². The zero-order chi connectivity index (χ0) is 90.8. The molecule has 0 saturated carbocycles. The number of anilines is 6. The van der Waals surface area contributed by atoms with Crippen molar-refractivity contribution in [3.63, 3.8) is 0 Å². The van der Waals surface area contributed by atoms with Crippen molar-refractivity contribution in [2.24, 2.45) is 0 Å². The van der Waals surface area contributed by atoms with Crippen molar-refractivity contribution in [3.8, 4) is 77.9 Å². The molecule has 0 aliphatic heterocycles. The molecule has 0 aliphatic carbocycles. The summed E-state index contributed by atoms with van der Waals surface area (Å²) in [5.41, 5.74) is 8.32. The zero-order valence-electron chi connectivity index (χ0n) is 78.5. The van der Waals surface area contributed by atoms with E-state index in [0.29, 0.717) is 33.6 Å². The molecule has 0 atom stereocenters. The van der Waals surface area contributed by atoms with Gasteiger partial charge < -0.3 is 9.80 Å². The van der Waals surface area contributed by atoms with E-state index in [2.05, 4.69) is 48.5 Å². The van der Waals surface area contributed by atoms with Crippen LogP contribution in [0.25, 0.3) is 175 Å². The van der Waals surface area contributed by atoms with Crippen LogP contribution in [0.15, 0.2) is 461 Å². The Morgan fingerprint density at radius 1 is 0.129 bits per heavy atom. The maximum atomic E-state index is 9.73. The first kappa shape index (κ1) is 53.6. The van der Waals surface area contributed by atoms with Gasteiger partial charge in [0.15, 0.2) is 0 Å². The minimum absolute atomic E-state index is 0.119. The second-order valence-electron chi connectivity index (χ2n) is 28.9. The minimum atomic E-state index is -0.393. The van der Waals surface area contributed by atoms with E-state index in [0.717, 1.165) is 130 Å². The molecule has 22 aromatic rings. The fraction of sp³-hybridized carbons (Fsp3) is 0. The van der Waals surface area contributed by atoms with Gasteiger partial charge >= 0.3 is 0 Å². The zero-order valence-corrected chi connectivity index (χ0v) is 62.5. The molecule has 116 heavy (non-hydrogen) atoms. The standard InChI is InChI=1S/C58H39N.C56H37N/c1-2-12-40(13-3-1)41-22-24-42(25-23-41)43-26-32-48(33-27-43)59(49-34-28-44(29-35-49)57-38-46-14-4-6-16-51(46)53-18-8-10-20-55(53)57)50-36-30-45(31-37-50)58-39-47-15-5-7-17-52(47)54-19-9-11-21-56(54)58;1-2-12-42-35-43(22-21-38(42)11-1)39-23-29-46(30-24-39)57(47-31-25-40(26-32-47)55-36-44-13-3-5-15-49(44)51-17-7-9-19-53(51)55)48-33-27-41(28-34-48)56-37-45-14-4-6-16-50(45)52-18-8-10-20-54(52)56/h1-39H;1-37H/i28D,29D,30D,31D,34D,35D,36D,37D;25D,26D,27D,28D,31D,32D,33D,34D. The summed E-state index contributed by atoms with van der Waals surface area (Å²) in [6, 6.07) is 112. The first-order chi connectivity index (χ1) is 64.2. The molecule has 0 radical (unpaired) electrons. The average molecular weight is 1490 g/mol. The van der Waals surface area contributed by atoms with Crippen molar-refractivity contribution in [1.82, 2.24) is 0 Å². The topological polar surface area (TPSA) is 6.48 Å². The van der Waals surface area contributed by atoms with Gasteiger partial charge in [-0.15, -0.1) is 0 Å². The van der Waals surface area contributed by atoms with E-state index in [-0.39, 0.29) is 93.3 Å². The van der Waals surface area contributed by atoms with Crippen molar-refractivity contribution in [2.45, 2.75) is 0 Å². The van der Waals surface area contributed by atoms with E-state index in [1.165, 1.54) is 9.80 Å². The number of hydrogen-bond acceptors (Lipinski definition) is 2. The number of benzene rings is 22. The van der Waals surface area contributed by atoms with Gasteiger partial charge in [0.25, 0.3) is 0 Å². The third-order valence-corrected chi connectivity index (χ3v) is 22.2. The van der Waals surface area contributed by atoms with Crippen LogP contribution in [0.1, 0.15) is 21.9 Å². The van der Waals surface area contributed by atoms with Gasteiger partial charge in [-0.2, -0.15) is 0 Å². The highest BCUT2D eigenvalue weighted by atomic mass is 15.1. The fourth-order valence-electron chi connectivity index (χ4n) is 16.5. The number of fused-ring (bicyclic) bond motifs is 13. The van der Waals surface area contributed by atoms with Gasteiger partial charge in [0.05, 0.1) is 21.9 Å². The Bertz CT molecular complexity index is 8050. The number of nitrogens with zero attached hydrogens (tertiary/aromatic N) is 2. The summed E-state index contributed by atoms with van der Waals surface area (Å²) >= 11 is 0. The van der Waals surface area contributed by atoms with E-state index in [9.17, 15) is 21.9 Å². The predicted molar refractivity (Wildman–Crippen MR) is 498 cm³/mol. The van der Waals surface area contributed by atoms with Gasteiger partial charge in [-0.25, -0.2) is 0 Å². The summed E-state index contributed by atoms with van der Waals surface area (Å²) in [4.78, 5) is 2.74. The van der Waals surface area contributed by atoms with E-state index in [1.54, 1.807) is 24.3 Å². The van der Waals surface area contributed by atoms with Crippen LogP contribution in [0, 0.1) is 0 Å². The second-order valence-corrected chi connectivity index (χ2v) is 28.9. The lowest BCUT2D eigenvalue weighted by Crippen LogP contribution is -2.09. The highest BCUT2D eigenvalue weighted by Gasteiger charge is 2.20. The van der Waals surface area contributed by atoms with Crippen LogP contribution in [0.3, 0.4) is 0 Å². The molecule has 0 spiro atoms. The Kier molecular flexibility index (Phi) is 13.8. The lowest BCUT2D eigenvalue weighted by atomic mass is 9.93. The third kappa shape index (κ3) is 12.9. The molecule has 2 heteroatoms. The summed E-state index contributed by atoms with van der Waals surface area (Å²) in [7, 11) is 0. The van der Waals surface area contributed by atoms with Crippen LogP contribution < -0.4 is 9.80 Å². The van der Waals surface area contributed by atoms with Gasteiger partial charge in [0.2, 0.25) is 0 Å². The van der Waals surface area contributed by atoms with Crippen LogP contribution in [0.2, 0.25) is 0 Å². The molecule has 0 fully saturated rings. The quantitative estimate of drug-likeness (QED) is 0.106. The Hall–Kier alpha value is -15.2. The predicted octanol–water partition coefficient (Wildman–Crippen LogP) is 32.4. The molecular formula is C114H76N2. The monoisotopic (exact) mass is 1490 g/mol. The largest absolute Gasteiger partial charge is 0.311 e. The van der Waals surface area contributed by atoms with E-state index in [4.69, 9.17) is 0 Å². The molecule has 2 nitrogen and oxygen atoms in total. The van der Waals surface area contributed by atoms with E-state index >= 15 is 0 Å². The van der Waals surface area contributed by atoms with Crippen molar-refractivity contribution in [2.75, 3.05) is 9.80 Å². The molecule has 0 amide bonds. The summed E-state index contributed by atoms with van der Waals surface area (Å²) in [5.74, 6) is 0. The summed E-state index contributed by atoms with van der Waals surface area (Å²) < 4.78 is 155. The summed E-state index contributed by atoms with van der Waals surface area (Å²) in [6.07, 6.45) is 0. The summed E-state index contributed by atoms with van der Waals surface area (Å²) in [5, 5.41) is 16.5. The molecule has 0 aliphatic rings. The molecule has 0 saturated heterocycles. The lowest BCUT2D eigenvalue weighted by molar-refractivity contribution is 1.28. The van der Waals surface area contributed by atoms with Crippen molar-refractivity contribution >= 4 is 131 Å². The number of hydrogen-bond donors (Lipinski definition) is 0. The fourth-order valence-corrected chi connectivity index (χ4v) is 16.5. The number of rotatable bonds is 13. The molecule has 22 rings (SSSR count). The van der Waals surface area contributed by atoms with Gasteiger partial charge in [-0.1, -0.05) is 358 Å². The Labute approximate surface area is 697 Å². The van der Waals surface area contributed by atoms with E-state index in [1.807, 2.05) is 291 Å². The molecule has 22 aromatic carbocycles. The smallest absolute Gasteiger partial charge is 0.0645 e. The van der Waals surface area contributed by atoms with Crippen molar-refractivity contribution in [1.29, 1.82) is 0 Å². The van der Waals surface area contributed by atoms with Crippen LogP contribution in [-0.2, 0) is 0 Å². The molecule has 542 valence electrons. The Morgan fingerprint density at radius 2 is 0.345 bits per heavy atom.